The highest BCUT2D eigenvalue weighted by molar-refractivity contribution is 6.32. The highest BCUT2D eigenvalue weighted by atomic mass is 15.2. The molecule has 0 fully saturated rings. The summed E-state index contributed by atoms with van der Waals surface area (Å²) in [5, 5.41) is 3.91. The summed E-state index contributed by atoms with van der Waals surface area (Å²) in [5.41, 5.74) is 6.92. The minimum absolute atomic E-state index is 0.441. The molecule has 2 radical (unpaired) electrons. The standard InChI is InChI=1S/C6H5BN4/c7-4-1-5-6(8)9-3-10-11(5)2-4/h1-3H,(H2,8,9,10). The third-order valence-electron chi connectivity index (χ3n) is 1.46. The summed E-state index contributed by atoms with van der Waals surface area (Å²) < 4.78 is 1.59. The van der Waals surface area contributed by atoms with Crippen LogP contribution in [0.4, 0.5) is 5.82 Å². The summed E-state index contributed by atoms with van der Waals surface area (Å²) in [6, 6.07) is 1.73. The molecular formula is C6H5BN4. The molecule has 5 heteroatoms. The summed E-state index contributed by atoms with van der Waals surface area (Å²) in [4.78, 5) is 3.81. The Morgan fingerprint density at radius 2 is 2.36 bits per heavy atom. The van der Waals surface area contributed by atoms with E-state index in [-0.39, 0.29) is 0 Å². The second-order valence-electron chi connectivity index (χ2n) is 2.25. The van der Waals surface area contributed by atoms with Crippen LogP contribution in [-0.4, -0.2) is 22.4 Å². The van der Waals surface area contributed by atoms with E-state index in [1.54, 1.807) is 16.8 Å². The van der Waals surface area contributed by atoms with Crippen molar-refractivity contribution >= 4 is 24.6 Å². The molecule has 2 aromatic heterocycles. The third-order valence-corrected chi connectivity index (χ3v) is 1.46. The van der Waals surface area contributed by atoms with Crippen molar-refractivity contribution in [1.82, 2.24) is 14.6 Å². The molecule has 0 aliphatic rings. The van der Waals surface area contributed by atoms with E-state index in [0.717, 1.165) is 5.52 Å². The zero-order valence-electron chi connectivity index (χ0n) is 5.73. The average Bonchev–Trinajstić information content (AvgIpc) is 2.31. The Bertz CT molecular complexity index is 394. The highest BCUT2D eigenvalue weighted by Gasteiger charge is 1.99. The zero-order valence-corrected chi connectivity index (χ0v) is 5.73. The molecule has 0 aliphatic heterocycles. The van der Waals surface area contributed by atoms with Gasteiger partial charge in [0.25, 0.3) is 0 Å². The van der Waals surface area contributed by atoms with Crippen molar-refractivity contribution in [2.24, 2.45) is 0 Å². The van der Waals surface area contributed by atoms with E-state index >= 15 is 0 Å². The molecule has 0 spiro atoms. The normalized spacial score (nSPS) is 10.5. The first-order valence-electron chi connectivity index (χ1n) is 3.12. The molecular weight excluding hydrogens is 139 g/mol. The van der Waals surface area contributed by atoms with Crippen LogP contribution in [0.15, 0.2) is 18.6 Å². The van der Waals surface area contributed by atoms with Gasteiger partial charge in [-0.3, -0.25) is 0 Å². The predicted octanol–water partition coefficient (Wildman–Crippen LogP) is -0.895. The number of nitrogen functional groups attached to an aromatic ring is 1. The molecule has 0 atom stereocenters. The van der Waals surface area contributed by atoms with Crippen LogP contribution in [0.1, 0.15) is 0 Å². The number of nitrogens with two attached hydrogens (primary N) is 1. The molecule has 0 aliphatic carbocycles. The lowest BCUT2D eigenvalue weighted by Crippen LogP contribution is -1.97. The Morgan fingerprint density at radius 1 is 1.55 bits per heavy atom. The van der Waals surface area contributed by atoms with Crippen molar-refractivity contribution in [3.8, 4) is 0 Å². The van der Waals surface area contributed by atoms with Crippen LogP contribution in [0.3, 0.4) is 0 Å². The van der Waals surface area contributed by atoms with Crippen LogP contribution < -0.4 is 11.2 Å². The largest absolute Gasteiger partial charge is 0.382 e. The molecule has 2 rings (SSSR count). The average molecular weight is 144 g/mol. The SMILES string of the molecule is [B]c1cc2c(N)ncnn2c1. The van der Waals surface area contributed by atoms with Crippen molar-refractivity contribution in [2.45, 2.75) is 0 Å². The lowest BCUT2D eigenvalue weighted by atomic mass is 10.0. The summed E-state index contributed by atoms with van der Waals surface area (Å²) in [6.45, 7) is 0. The minimum Gasteiger partial charge on any atom is -0.382 e. The van der Waals surface area contributed by atoms with Crippen molar-refractivity contribution in [3.05, 3.63) is 18.6 Å². The molecule has 0 unspecified atom stereocenters. The van der Waals surface area contributed by atoms with Gasteiger partial charge in [-0.15, -0.1) is 0 Å². The topological polar surface area (TPSA) is 56.2 Å². The molecule has 0 aromatic carbocycles. The Kier molecular flexibility index (Phi) is 1.12. The summed E-state index contributed by atoms with van der Waals surface area (Å²) in [7, 11) is 5.52. The van der Waals surface area contributed by atoms with E-state index in [0.29, 0.717) is 11.3 Å². The van der Waals surface area contributed by atoms with Gasteiger partial charge in [0.05, 0.1) is 0 Å². The molecule has 4 nitrogen and oxygen atoms in total. The lowest BCUT2D eigenvalue weighted by Gasteiger charge is -1.93. The van der Waals surface area contributed by atoms with Gasteiger partial charge in [-0.2, -0.15) is 5.10 Å². The zero-order chi connectivity index (χ0) is 7.84. The van der Waals surface area contributed by atoms with Gasteiger partial charge in [0.2, 0.25) is 0 Å². The molecule has 2 heterocycles. The molecule has 2 aromatic rings. The van der Waals surface area contributed by atoms with Gasteiger partial charge in [-0.05, 0) is 6.07 Å². The van der Waals surface area contributed by atoms with E-state index in [4.69, 9.17) is 13.6 Å². The Balaban J connectivity index is 2.90. The predicted molar refractivity (Wildman–Crippen MR) is 42.8 cm³/mol. The number of aromatic nitrogens is 3. The Labute approximate surface area is 64.4 Å². The maximum Gasteiger partial charge on any atom is 0.151 e. The maximum absolute atomic E-state index is 5.54. The third kappa shape index (κ3) is 0.850. The van der Waals surface area contributed by atoms with E-state index in [9.17, 15) is 0 Å². The van der Waals surface area contributed by atoms with Crippen LogP contribution in [0.2, 0.25) is 0 Å². The quantitative estimate of drug-likeness (QED) is 0.487. The van der Waals surface area contributed by atoms with Crippen molar-refractivity contribution in [1.29, 1.82) is 0 Å². The van der Waals surface area contributed by atoms with E-state index in [2.05, 4.69) is 10.1 Å². The lowest BCUT2D eigenvalue weighted by molar-refractivity contribution is 0.909. The fourth-order valence-corrected chi connectivity index (χ4v) is 0.969. The number of anilines is 1. The number of hydrogen-bond donors (Lipinski definition) is 1. The number of rotatable bonds is 0. The van der Waals surface area contributed by atoms with Gasteiger partial charge in [0, 0.05) is 6.20 Å². The molecule has 52 valence electrons. The second kappa shape index (κ2) is 1.98. The Morgan fingerprint density at radius 3 is 3.09 bits per heavy atom. The van der Waals surface area contributed by atoms with Gasteiger partial charge in [-0.1, -0.05) is 5.46 Å². The monoisotopic (exact) mass is 144 g/mol. The van der Waals surface area contributed by atoms with Crippen molar-refractivity contribution < 1.29 is 0 Å². The fourth-order valence-electron chi connectivity index (χ4n) is 0.969. The van der Waals surface area contributed by atoms with Gasteiger partial charge in [-0.25, -0.2) is 9.50 Å². The summed E-state index contributed by atoms with van der Waals surface area (Å²) >= 11 is 0. The van der Waals surface area contributed by atoms with Crippen LogP contribution >= 0.6 is 0 Å². The molecule has 0 amide bonds. The fraction of sp³-hybridized carbons (Fsp3) is 0. The smallest absolute Gasteiger partial charge is 0.151 e. The molecule has 11 heavy (non-hydrogen) atoms. The molecule has 0 saturated heterocycles. The number of hydrogen-bond acceptors (Lipinski definition) is 3. The van der Waals surface area contributed by atoms with Crippen LogP contribution in [0.25, 0.3) is 5.52 Å². The van der Waals surface area contributed by atoms with Gasteiger partial charge < -0.3 is 5.73 Å². The molecule has 2 N–H and O–H groups in total. The number of nitrogens with zero attached hydrogens (tertiary/aromatic N) is 3. The highest BCUT2D eigenvalue weighted by Crippen LogP contribution is 2.05. The first-order valence-corrected chi connectivity index (χ1v) is 3.12. The van der Waals surface area contributed by atoms with Crippen molar-refractivity contribution in [3.63, 3.8) is 0 Å². The van der Waals surface area contributed by atoms with Crippen LogP contribution in [-0.2, 0) is 0 Å². The van der Waals surface area contributed by atoms with Gasteiger partial charge in [0.1, 0.15) is 19.7 Å². The summed E-state index contributed by atoms with van der Waals surface area (Å²) in [5.74, 6) is 0.441. The van der Waals surface area contributed by atoms with Gasteiger partial charge >= 0.3 is 0 Å². The van der Waals surface area contributed by atoms with E-state index < -0.39 is 0 Å². The summed E-state index contributed by atoms with van der Waals surface area (Å²) in [6.07, 6.45) is 3.08. The van der Waals surface area contributed by atoms with Crippen molar-refractivity contribution in [2.75, 3.05) is 5.73 Å². The first-order chi connectivity index (χ1) is 5.27. The van der Waals surface area contributed by atoms with Crippen LogP contribution in [0.5, 0.6) is 0 Å². The first kappa shape index (κ1) is 6.21. The van der Waals surface area contributed by atoms with Gasteiger partial charge in [0.15, 0.2) is 5.82 Å². The minimum atomic E-state index is 0.441. The Hall–Kier alpha value is -1.52. The molecule has 0 bridgehead atoms. The van der Waals surface area contributed by atoms with Crippen LogP contribution in [0, 0.1) is 0 Å². The van der Waals surface area contributed by atoms with E-state index in [1.165, 1.54) is 6.33 Å². The number of fused-ring (bicyclic) bond motifs is 1. The molecule has 0 saturated carbocycles. The second-order valence-corrected chi connectivity index (χ2v) is 2.25. The van der Waals surface area contributed by atoms with E-state index in [1.807, 2.05) is 0 Å². The maximum atomic E-state index is 5.54.